The van der Waals surface area contributed by atoms with Gasteiger partial charge in [-0.2, -0.15) is 0 Å². The molecule has 0 bridgehead atoms. The fraction of sp³-hybridized carbons (Fsp3) is 0.391. The van der Waals surface area contributed by atoms with Gasteiger partial charge in [0.2, 0.25) is 0 Å². The average molecular weight is 396 g/mol. The fourth-order valence-electron chi connectivity index (χ4n) is 3.67. The molecule has 0 amide bonds. The van der Waals surface area contributed by atoms with Crippen molar-refractivity contribution < 1.29 is 14.7 Å². The van der Waals surface area contributed by atoms with Crippen LogP contribution in [0, 0.1) is 0 Å². The highest BCUT2D eigenvalue weighted by Gasteiger charge is 2.33. The molecule has 6 nitrogen and oxygen atoms in total. The van der Waals surface area contributed by atoms with Crippen LogP contribution >= 0.6 is 0 Å². The number of hydrogen-bond acceptors (Lipinski definition) is 5. The average Bonchev–Trinajstić information content (AvgIpc) is 2.74. The Morgan fingerprint density at radius 1 is 0.966 bits per heavy atom. The lowest BCUT2D eigenvalue weighted by Gasteiger charge is -2.34. The van der Waals surface area contributed by atoms with Crippen molar-refractivity contribution in [3.8, 4) is 0 Å². The molecular weight excluding hydrogens is 366 g/mol. The van der Waals surface area contributed by atoms with Crippen molar-refractivity contribution in [2.24, 2.45) is 5.73 Å². The van der Waals surface area contributed by atoms with E-state index in [4.69, 9.17) is 10.8 Å². The van der Waals surface area contributed by atoms with Gasteiger partial charge >= 0.3 is 5.97 Å². The molecule has 0 aromatic heterocycles. The molecule has 1 fully saturated rings. The molecule has 1 atom stereocenters. The summed E-state index contributed by atoms with van der Waals surface area (Å²) in [6.45, 7) is 5.92. The van der Waals surface area contributed by atoms with Gasteiger partial charge in [0.15, 0.2) is 5.78 Å². The maximum atomic E-state index is 13.2. The highest BCUT2D eigenvalue weighted by atomic mass is 16.4. The molecule has 1 saturated heterocycles. The van der Waals surface area contributed by atoms with Gasteiger partial charge in [0.1, 0.15) is 0 Å². The van der Waals surface area contributed by atoms with Crippen molar-refractivity contribution in [3.63, 3.8) is 0 Å². The number of aromatic carboxylic acids is 1. The van der Waals surface area contributed by atoms with Gasteiger partial charge in [-0.05, 0) is 61.9 Å². The Morgan fingerprint density at radius 3 is 2.03 bits per heavy atom. The van der Waals surface area contributed by atoms with E-state index in [1.807, 2.05) is 31.2 Å². The number of Topliss-reactive ketones (excluding diaryl/α,β-unsaturated/α-hetero) is 1. The van der Waals surface area contributed by atoms with Gasteiger partial charge in [-0.25, -0.2) is 4.79 Å². The number of likely N-dealkylation sites (N-methyl/N-ethyl adjacent to an activating group) is 1. The highest BCUT2D eigenvalue weighted by Crippen LogP contribution is 2.23. The van der Waals surface area contributed by atoms with Crippen LogP contribution in [-0.2, 0) is 6.42 Å². The smallest absolute Gasteiger partial charge is 0.335 e. The monoisotopic (exact) mass is 395 g/mol. The van der Waals surface area contributed by atoms with Crippen LogP contribution in [0.4, 0.5) is 5.69 Å². The Bertz CT molecular complexity index is 856. The Hall–Kier alpha value is -2.70. The van der Waals surface area contributed by atoms with Crippen LogP contribution in [0.1, 0.15) is 39.6 Å². The number of carbonyl (C=O) groups excluding carboxylic acids is 1. The predicted molar refractivity (Wildman–Crippen MR) is 115 cm³/mol. The number of anilines is 1. The first-order valence-electron chi connectivity index (χ1n) is 10.0. The maximum absolute atomic E-state index is 13.2. The van der Waals surface area contributed by atoms with Crippen molar-refractivity contribution in [2.45, 2.75) is 25.3 Å². The largest absolute Gasteiger partial charge is 0.478 e. The Labute approximate surface area is 171 Å². The first kappa shape index (κ1) is 21.0. The van der Waals surface area contributed by atoms with Gasteiger partial charge in [0, 0.05) is 37.4 Å². The van der Waals surface area contributed by atoms with E-state index < -0.39 is 11.5 Å². The lowest BCUT2D eigenvalue weighted by Crippen LogP contribution is -2.49. The first-order chi connectivity index (χ1) is 13.8. The fourth-order valence-corrected chi connectivity index (χ4v) is 3.67. The van der Waals surface area contributed by atoms with E-state index in [1.54, 1.807) is 24.3 Å². The second kappa shape index (κ2) is 8.76. The van der Waals surface area contributed by atoms with Crippen molar-refractivity contribution in [1.82, 2.24) is 4.90 Å². The summed E-state index contributed by atoms with van der Waals surface area (Å²) < 4.78 is 0. The van der Waals surface area contributed by atoms with Crippen LogP contribution in [0.15, 0.2) is 48.5 Å². The number of rotatable bonds is 7. The van der Waals surface area contributed by atoms with Crippen LogP contribution in [0.5, 0.6) is 0 Å². The van der Waals surface area contributed by atoms with E-state index in [1.165, 1.54) is 0 Å². The number of ketones is 1. The summed E-state index contributed by atoms with van der Waals surface area (Å²) in [5.41, 5.74) is 8.29. The Kier molecular flexibility index (Phi) is 6.35. The van der Waals surface area contributed by atoms with E-state index in [0.717, 1.165) is 37.4 Å². The second-order valence-corrected chi connectivity index (χ2v) is 7.85. The zero-order chi connectivity index (χ0) is 21.0. The third-order valence-electron chi connectivity index (χ3n) is 5.80. The van der Waals surface area contributed by atoms with E-state index in [2.05, 4.69) is 16.8 Å². The molecule has 1 aliphatic rings. The van der Waals surface area contributed by atoms with Crippen LogP contribution in [0.2, 0.25) is 0 Å². The lowest BCUT2D eigenvalue weighted by atomic mass is 9.82. The van der Waals surface area contributed by atoms with Crippen molar-refractivity contribution in [1.29, 1.82) is 0 Å². The number of carboxylic acids is 1. The number of nitrogens with two attached hydrogens (primary N) is 1. The minimum atomic E-state index is -1.03. The van der Waals surface area contributed by atoms with Crippen LogP contribution < -0.4 is 10.6 Å². The van der Waals surface area contributed by atoms with E-state index in [-0.39, 0.29) is 11.3 Å². The predicted octanol–water partition coefficient (Wildman–Crippen LogP) is 2.67. The normalized spacial score (nSPS) is 17.0. The van der Waals surface area contributed by atoms with Crippen molar-refractivity contribution >= 4 is 17.4 Å². The van der Waals surface area contributed by atoms with Crippen LogP contribution in [-0.4, -0.2) is 60.5 Å². The van der Waals surface area contributed by atoms with Gasteiger partial charge in [0.05, 0.1) is 11.1 Å². The number of piperazine rings is 1. The van der Waals surface area contributed by atoms with E-state index in [0.29, 0.717) is 18.4 Å². The molecule has 0 saturated carbocycles. The summed E-state index contributed by atoms with van der Waals surface area (Å²) in [6, 6.07) is 14.3. The summed E-state index contributed by atoms with van der Waals surface area (Å²) in [6.07, 6.45) is 0.856. The molecule has 1 heterocycles. The van der Waals surface area contributed by atoms with E-state index in [9.17, 15) is 9.59 Å². The van der Waals surface area contributed by atoms with Crippen LogP contribution in [0.25, 0.3) is 0 Å². The Morgan fingerprint density at radius 2 is 1.52 bits per heavy atom. The summed E-state index contributed by atoms with van der Waals surface area (Å²) in [4.78, 5) is 28.8. The molecule has 0 radical (unpaired) electrons. The zero-order valence-corrected chi connectivity index (χ0v) is 17.1. The summed E-state index contributed by atoms with van der Waals surface area (Å²) >= 11 is 0. The number of benzene rings is 2. The number of hydrogen-bond donors (Lipinski definition) is 2. The molecule has 1 aliphatic heterocycles. The minimum absolute atomic E-state index is 0.0905. The second-order valence-electron chi connectivity index (χ2n) is 7.85. The number of carbonyl (C=O) groups is 2. The molecule has 154 valence electrons. The highest BCUT2D eigenvalue weighted by molar-refractivity contribution is 6.03. The van der Waals surface area contributed by atoms with Crippen molar-refractivity contribution in [2.75, 3.05) is 38.1 Å². The SMILES string of the molecule is CCC(N)(Cc1ccc(C(=O)O)cc1)C(=O)c1ccc(N2CCN(C)CC2)cc1. The lowest BCUT2D eigenvalue weighted by molar-refractivity contribution is 0.0696. The van der Waals surface area contributed by atoms with Gasteiger partial charge in [-0.1, -0.05) is 19.1 Å². The Balaban J connectivity index is 1.73. The summed E-state index contributed by atoms with van der Waals surface area (Å²) in [5, 5.41) is 9.04. The van der Waals surface area contributed by atoms with Gasteiger partial charge < -0.3 is 20.6 Å². The number of nitrogens with zero attached hydrogens (tertiary/aromatic N) is 2. The van der Waals surface area contributed by atoms with Gasteiger partial charge in [-0.15, -0.1) is 0 Å². The third-order valence-corrected chi connectivity index (χ3v) is 5.80. The zero-order valence-electron chi connectivity index (χ0n) is 17.1. The minimum Gasteiger partial charge on any atom is -0.478 e. The standard InChI is InChI=1S/C23H29N3O3/c1-3-23(24,16-17-4-6-19(7-5-17)22(28)29)21(27)18-8-10-20(11-9-18)26-14-12-25(2)13-15-26/h4-11H,3,12-16,24H2,1-2H3,(H,28,29). The summed E-state index contributed by atoms with van der Waals surface area (Å²) in [7, 11) is 2.12. The molecule has 0 aliphatic carbocycles. The molecule has 3 N–H and O–H groups in total. The molecular formula is C23H29N3O3. The molecule has 0 spiro atoms. The summed E-state index contributed by atoms with van der Waals surface area (Å²) in [5.74, 6) is -1.06. The molecule has 6 heteroatoms. The first-order valence-corrected chi connectivity index (χ1v) is 10.0. The number of carboxylic acid groups (broad SMARTS) is 1. The molecule has 2 aromatic carbocycles. The van der Waals surface area contributed by atoms with Crippen molar-refractivity contribution in [3.05, 3.63) is 65.2 Å². The van der Waals surface area contributed by atoms with E-state index >= 15 is 0 Å². The van der Waals surface area contributed by atoms with Gasteiger partial charge in [-0.3, -0.25) is 4.79 Å². The molecule has 1 unspecified atom stereocenters. The van der Waals surface area contributed by atoms with Crippen LogP contribution in [0.3, 0.4) is 0 Å². The topological polar surface area (TPSA) is 86.9 Å². The third kappa shape index (κ3) is 4.83. The van der Waals surface area contributed by atoms with Gasteiger partial charge in [0.25, 0.3) is 0 Å². The molecule has 29 heavy (non-hydrogen) atoms. The molecule has 2 aromatic rings. The molecule has 3 rings (SSSR count). The quantitative estimate of drug-likeness (QED) is 0.701. The maximum Gasteiger partial charge on any atom is 0.335 e.